The Labute approximate surface area is 275 Å². The highest BCUT2D eigenvalue weighted by atomic mass is 32.2. The van der Waals surface area contributed by atoms with E-state index in [0.717, 1.165) is 25.7 Å². The van der Waals surface area contributed by atoms with E-state index < -0.39 is 91.9 Å². The SMILES string of the molecule is CCCCCCCCC(C(CCCCCCCC(=O)OCCC(F)(F)C(F)(F)C(F)(F)C(F)(F)C(F)(F)C(F)(F)F)S(=O)(=O)O)S(=O)(=O)O. The molecule has 0 amide bonds. The van der Waals surface area contributed by atoms with Crippen molar-refractivity contribution in [1.29, 1.82) is 0 Å². The first-order valence-electron chi connectivity index (χ1n) is 15.0. The van der Waals surface area contributed by atoms with E-state index in [0.29, 0.717) is 6.42 Å². The van der Waals surface area contributed by atoms with E-state index in [2.05, 4.69) is 4.74 Å². The Bertz CT molecular complexity index is 1240. The topological polar surface area (TPSA) is 135 Å². The second-order valence-electron chi connectivity index (χ2n) is 11.4. The minimum atomic E-state index is -8.03. The van der Waals surface area contributed by atoms with Gasteiger partial charge in [-0.2, -0.15) is 73.9 Å². The standard InChI is InChI=1S/C26H39F13O8S2/c1-2-3-4-5-7-10-13-18(48(41,42)43)19(49(44,45)46)14-11-8-6-9-12-15-20(40)47-17-16-21(27,28)22(29,30)23(31,32)24(33,34)25(35,36)26(37,38)39/h18-19H,2-17H2,1H3,(H,41,42,43)(H,44,45,46). The lowest BCUT2D eigenvalue weighted by atomic mass is 9.93. The zero-order valence-corrected chi connectivity index (χ0v) is 27.7. The number of alkyl halides is 13. The van der Waals surface area contributed by atoms with E-state index in [1.165, 1.54) is 0 Å². The number of hydrogen-bond acceptors (Lipinski definition) is 6. The monoisotopic (exact) mass is 790 g/mol. The fourth-order valence-corrected chi connectivity index (χ4v) is 7.46. The van der Waals surface area contributed by atoms with Gasteiger partial charge in [-0.3, -0.25) is 13.9 Å². The molecule has 0 aliphatic heterocycles. The summed E-state index contributed by atoms with van der Waals surface area (Å²) < 4.78 is 242. The number of carbonyl (C=O) groups excluding carboxylic acids is 1. The Morgan fingerprint density at radius 3 is 1.33 bits per heavy atom. The molecular formula is C26H39F13O8S2. The Kier molecular flexibility index (Phi) is 17.6. The van der Waals surface area contributed by atoms with Crippen LogP contribution in [0.2, 0.25) is 0 Å². The summed E-state index contributed by atoms with van der Waals surface area (Å²) in [7, 11) is -9.80. The highest BCUT2D eigenvalue weighted by molar-refractivity contribution is 7.90. The average molecular weight is 791 g/mol. The van der Waals surface area contributed by atoms with Gasteiger partial charge in [-0.25, -0.2) is 0 Å². The molecule has 49 heavy (non-hydrogen) atoms. The lowest BCUT2D eigenvalue weighted by molar-refractivity contribution is -0.440. The molecule has 0 saturated heterocycles. The summed E-state index contributed by atoms with van der Waals surface area (Å²) in [6, 6.07) is 0. The summed E-state index contributed by atoms with van der Waals surface area (Å²) in [6.07, 6.45) is -6.65. The minimum Gasteiger partial charge on any atom is -0.465 e. The van der Waals surface area contributed by atoms with Gasteiger partial charge in [0.2, 0.25) is 0 Å². The molecule has 0 bridgehead atoms. The maximum absolute atomic E-state index is 13.8. The third kappa shape index (κ3) is 12.8. The van der Waals surface area contributed by atoms with E-state index in [-0.39, 0.29) is 51.4 Å². The molecule has 0 saturated carbocycles. The molecule has 0 fully saturated rings. The summed E-state index contributed by atoms with van der Waals surface area (Å²) in [5, 5.41) is -3.63. The van der Waals surface area contributed by atoms with Crippen LogP contribution in [-0.4, -0.2) is 84.8 Å². The van der Waals surface area contributed by atoms with Crippen LogP contribution in [0.5, 0.6) is 0 Å². The minimum absolute atomic E-state index is 0.0132. The molecule has 294 valence electrons. The first-order chi connectivity index (χ1) is 21.9. The molecule has 8 nitrogen and oxygen atoms in total. The van der Waals surface area contributed by atoms with Crippen molar-refractivity contribution in [2.24, 2.45) is 0 Å². The number of esters is 1. The molecule has 23 heteroatoms. The van der Waals surface area contributed by atoms with Gasteiger partial charge >= 0.3 is 41.8 Å². The summed E-state index contributed by atoms with van der Waals surface area (Å²) in [5.74, 6) is -39.1. The second-order valence-corrected chi connectivity index (χ2v) is 14.7. The van der Waals surface area contributed by atoms with Gasteiger partial charge in [-0.15, -0.1) is 0 Å². The molecule has 0 spiro atoms. The van der Waals surface area contributed by atoms with E-state index >= 15 is 0 Å². The van der Waals surface area contributed by atoms with Crippen LogP contribution in [0.3, 0.4) is 0 Å². The summed E-state index contributed by atoms with van der Waals surface area (Å²) >= 11 is 0. The third-order valence-electron chi connectivity index (χ3n) is 7.57. The summed E-state index contributed by atoms with van der Waals surface area (Å²) in [6.45, 7) is 0.120. The highest BCUT2D eigenvalue weighted by Gasteiger charge is 2.90. The Morgan fingerprint density at radius 1 is 0.571 bits per heavy atom. The quantitative estimate of drug-likeness (QED) is 0.0406. The van der Waals surface area contributed by atoms with Crippen molar-refractivity contribution < 1.29 is 92.5 Å². The van der Waals surface area contributed by atoms with Gasteiger partial charge in [0.1, 0.15) is 10.5 Å². The Morgan fingerprint density at radius 2 is 0.939 bits per heavy atom. The first-order valence-corrected chi connectivity index (χ1v) is 18.0. The Hall–Kier alpha value is -1.62. The van der Waals surface area contributed by atoms with E-state index in [9.17, 15) is 87.8 Å². The van der Waals surface area contributed by atoms with Gasteiger partial charge in [-0.1, -0.05) is 71.1 Å². The molecule has 0 aromatic carbocycles. The highest BCUT2D eigenvalue weighted by Crippen LogP contribution is 2.60. The molecule has 2 atom stereocenters. The Balaban J connectivity index is 4.92. The van der Waals surface area contributed by atoms with Crippen LogP contribution < -0.4 is 0 Å². The molecule has 0 aliphatic carbocycles. The summed E-state index contributed by atoms with van der Waals surface area (Å²) in [4.78, 5) is 11.7. The fraction of sp³-hybridized carbons (Fsp3) is 0.962. The smallest absolute Gasteiger partial charge is 0.460 e. The molecule has 0 heterocycles. The van der Waals surface area contributed by atoms with Crippen molar-refractivity contribution in [3.05, 3.63) is 0 Å². The number of hydrogen-bond donors (Lipinski definition) is 2. The number of ether oxygens (including phenoxy) is 1. The maximum atomic E-state index is 13.8. The third-order valence-corrected chi connectivity index (χ3v) is 10.4. The normalized spacial score (nSPS) is 15.7. The van der Waals surface area contributed by atoms with Crippen molar-refractivity contribution in [2.75, 3.05) is 6.61 Å². The zero-order chi connectivity index (χ0) is 38.8. The van der Waals surface area contributed by atoms with Gasteiger partial charge in [0.25, 0.3) is 20.2 Å². The molecular weight excluding hydrogens is 751 g/mol. The van der Waals surface area contributed by atoms with Crippen molar-refractivity contribution in [2.45, 2.75) is 150 Å². The fourth-order valence-electron chi connectivity index (χ4n) is 4.65. The van der Waals surface area contributed by atoms with Crippen LogP contribution >= 0.6 is 0 Å². The molecule has 2 N–H and O–H groups in total. The number of carbonyl (C=O) groups is 1. The van der Waals surface area contributed by atoms with Gasteiger partial charge in [0.05, 0.1) is 13.0 Å². The zero-order valence-electron chi connectivity index (χ0n) is 26.0. The van der Waals surface area contributed by atoms with Gasteiger partial charge in [0.15, 0.2) is 0 Å². The predicted octanol–water partition coefficient (Wildman–Crippen LogP) is 8.65. The number of halogens is 13. The molecule has 0 aliphatic rings. The first kappa shape index (κ1) is 47.4. The van der Waals surface area contributed by atoms with Gasteiger partial charge in [0, 0.05) is 6.42 Å². The van der Waals surface area contributed by atoms with Crippen LogP contribution in [0.15, 0.2) is 0 Å². The average Bonchev–Trinajstić information content (AvgIpc) is 2.92. The van der Waals surface area contributed by atoms with Crippen molar-refractivity contribution in [3.63, 3.8) is 0 Å². The second kappa shape index (κ2) is 18.2. The molecule has 2 unspecified atom stereocenters. The number of unbranched alkanes of at least 4 members (excludes halogenated alkanes) is 9. The maximum Gasteiger partial charge on any atom is 0.460 e. The molecule has 0 rings (SSSR count). The largest absolute Gasteiger partial charge is 0.465 e. The van der Waals surface area contributed by atoms with Crippen LogP contribution in [0.1, 0.15) is 103 Å². The lowest BCUT2D eigenvalue weighted by Gasteiger charge is -2.39. The van der Waals surface area contributed by atoms with Crippen LogP contribution in [0, 0.1) is 0 Å². The van der Waals surface area contributed by atoms with E-state index in [1.807, 2.05) is 6.92 Å². The van der Waals surface area contributed by atoms with Crippen molar-refractivity contribution in [1.82, 2.24) is 0 Å². The van der Waals surface area contributed by atoms with Crippen molar-refractivity contribution in [3.8, 4) is 0 Å². The lowest BCUT2D eigenvalue weighted by Crippen LogP contribution is -2.70. The molecule has 0 aromatic rings. The van der Waals surface area contributed by atoms with Crippen LogP contribution in [-0.2, 0) is 29.8 Å². The van der Waals surface area contributed by atoms with Crippen molar-refractivity contribution >= 4 is 26.2 Å². The van der Waals surface area contributed by atoms with E-state index in [1.54, 1.807) is 0 Å². The number of rotatable bonds is 25. The van der Waals surface area contributed by atoms with E-state index in [4.69, 9.17) is 0 Å². The van der Waals surface area contributed by atoms with Gasteiger partial charge in [-0.05, 0) is 19.3 Å². The van der Waals surface area contributed by atoms with Crippen LogP contribution in [0.4, 0.5) is 57.1 Å². The summed E-state index contributed by atoms with van der Waals surface area (Å²) in [5.41, 5.74) is 0. The molecule has 0 radical (unpaired) electrons. The predicted molar refractivity (Wildman–Crippen MR) is 147 cm³/mol. The van der Waals surface area contributed by atoms with Crippen LogP contribution in [0.25, 0.3) is 0 Å². The van der Waals surface area contributed by atoms with Gasteiger partial charge < -0.3 is 4.74 Å². The molecule has 0 aromatic heterocycles.